The second-order valence-corrected chi connectivity index (χ2v) is 8.07. The molecule has 144 valence electrons. The molecule has 1 heterocycles. The van der Waals surface area contributed by atoms with Gasteiger partial charge in [0.2, 0.25) is 0 Å². The second-order valence-electron chi connectivity index (χ2n) is 8.07. The Labute approximate surface area is 163 Å². The first-order valence-corrected chi connectivity index (χ1v) is 10.5. The Morgan fingerprint density at radius 3 is 2.19 bits per heavy atom. The largest absolute Gasteiger partial charge is 0.396 e. The monoisotopic (exact) mass is 364 g/mol. The van der Waals surface area contributed by atoms with Gasteiger partial charge in [0.15, 0.2) is 0 Å². The minimum absolute atomic E-state index is 0.309. The molecule has 4 rings (SSSR count). The molecular formula is C24H32N2O. The lowest BCUT2D eigenvalue weighted by atomic mass is 9.59. The van der Waals surface area contributed by atoms with Crippen LogP contribution >= 0.6 is 0 Å². The van der Waals surface area contributed by atoms with Crippen LogP contribution in [-0.4, -0.2) is 47.2 Å². The zero-order valence-electron chi connectivity index (χ0n) is 16.5. The Morgan fingerprint density at radius 2 is 1.59 bits per heavy atom. The Bertz CT molecular complexity index is 716. The van der Waals surface area contributed by atoms with E-state index in [9.17, 15) is 5.11 Å². The Morgan fingerprint density at radius 1 is 0.963 bits per heavy atom. The van der Waals surface area contributed by atoms with E-state index in [4.69, 9.17) is 0 Å². The first kappa shape index (κ1) is 18.7. The van der Waals surface area contributed by atoms with Gasteiger partial charge in [0.25, 0.3) is 0 Å². The normalized spacial score (nSPS) is 30.3. The van der Waals surface area contributed by atoms with Crippen LogP contribution in [0.2, 0.25) is 0 Å². The molecule has 2 aromatic rings. The second kappa shape index (κ2) is 8.14. The van der Waals surface area contributed by atoms with E-state index in [2.05, 4.69) is 84.3 Å². The summed E-state index contributed by atoms with van der Waals surface area (Å²) in [6.07, 6.45) is 0. The quantitative estimate of drug-likeness (QED) is 0.809. The smallest absolute Gasteiger partial charge is 0.0477 e. The van der Waals surface area contributed by atoms with Crippen LogP contribution in [0.1, 0.15) is 31.0 Å². The van der Waals surface area contributed by atoms with Gasteiger partial charge in [-0.2, -0.15) is 0 Å². The summed E-state index contributed by atoms with van der Waals surface area (Å²) >= 11 is 0. The van der Waals surface area contributed by atoms with Crippen molar-refractivity contribution in [2.24, 2.45) is 17.8 Å². The molecule has 3 heteroatoms. The summed E-state index contributed by atoms with van der Waals surface area (Å²) in [4.78, 5) is 5.23. The highest BCUT2D eigenvalue weighted by Gasteiger charge is 2.60. The van der Waals surface area contributed by atoms with E-state index < -0.39 is 0 Å². The van der Waals surface area contributed by atoms with E-state index in [-0.39, 0.29) is 0 Å². The Hall–Kier alpha value is -1.68. The van der Waals surface area contributed by atoms with Crippen molar-refractivity contribution in [3.05, 3.63) is 71.8 Å². The molecule has 0 amide bonds. The van der Waals surface area contributed by atoms with Crippen molar-refractivity contribution < 1.29 is 5.11 Å². The lowest BCUT2D eigenvalue weighted by molar-refractivity contribution is -0.0708. The number of rotatable bonds is 7. The molecular weight excluding hydrogens is 332 g/mol. The highest BCUT2D eigenvalue weighted by atomic mass is 16.3. The number of nitrogens with zero attached hydrogens (tertiary/aromatic N) is 2. The first-order valence-electron chi connectivity index (χ1n) is 10.5. The fraction of sp³-hybridized carbons (Fsp3) is 0.500. The maximum Gasteiger partial charge on any atom is 0.0477 e. The van der Waals surface area contributed by atoms with Crippen LogP contribution in [0.3, 0.4) is 0 Å². The highest BCUT2D eigenvalue weighted by molar-refractivity contribution is 5.27. The topological polar surface area (TPSA) is 26.7 Å². The third-order valence-corrected chi connectivity index (χ3v) is 6.90. The molecule has 1 N–H and O–H groups in total. The number of hydrogen-bond donors (Lipinski definition) is 1. The summed E-state index contributed by atoms with van der Waals surface area (Å²) in [5, 5.41) is 10.1. The SMILES string of the molecule is CCN(CC)C1[C@@H]2[C@@H](CN(Cc3ccccc3)[C@H]2c2ccccc2)[C@H]1CO. The molecule has 2 fully saturated rings. The van der Waals surface area contributed by atoms with E-state index in [1.54, 1.807) is 0 Å². The zero-order valence-corrected chi connectivity index (χ0v) is 16.5. The molecule has 0 bridgehead atoms. The molecule has 1 aliphatic heterocycles. The molecule has 0 spiro atoms. The van der Waals surface area contributed by atoms with Gasteiger partial charge in [0.1, 0.15) is 0 Å². The van der Waals surface area contributed by atoms with Gasteiger partial charge in [-0.25, -0.2) is 0 Å². The van der Waals surface area contributed by atoms with Crippen molar-refractivity contribution in [3.63, 3.8) is 0 Å². The average Bonchev–Trinajstić information content (AvgIpc) is 3.02. The number of aliphatic hydroxyl groups is 1. The van der Waals surface area contributed by atoms with Crippen LogP contribution < -0.4 is 0 Å². The zero-order chi connectivity index (χ0) is 18.8. The average molecular weight is 365 g/mol. The maximum absolute atomic E-state index is 10.1. The summed E-state index contributed by atoms with van der Waals surface area (Å²) in [5.74, 6) is 1.60. The van der Waals surface area contributed by atoms with E-state index in [0.29, 0.717) is 36.4 Å². The first-order chi connectivity index (χ1) is 13.3. The Kier molecular flexibility index (Phi) is 5.63. The van der Waals surface area contributed by atoms with Gasteiger partial charge in [-0.05, 0) is 36.1 Å². The fourth-order valence-corrected chi connectivity index (χ4v) is 5.70. The lowest BCUT2D eigenvalue weighted by Gasteiger charge is -2.54. The maximum atomic E-state index is 10.1. The highest BCUT2D eigenvalue weighted by Crippen LogP contribution is 2.57. The van der Waals surface area contributed by atoms with Crippen molar-refractivity contribution in [2.75, 3.05) is 26.2 Å². The molecule has 3 nitrogen and oxygen atoms in total. The van der Waals surface area contributed by atoms with Gasteiger partial charge in [0.05, 0.1) is 0 Å². The number of hydrogen-bond acceptors (Lipinski definition) is 3. The van der Waals surface area contributed by atoms with Crippen molar-refractivity contribution in [2.45, 2.75) is 32.5 Å². The van der Waals surface area contributed by atoms with Crippen LogP contribution in [-0.2, 0) is 6.54 Å². The number of benzene rings is 2. The van der Waals surface area contributed by atoms with Gasteiger partial charge < -0.3 is 10.0 Å². The van der Waals surface area contributed by atoms with Crippen molar-refractivity contribution in [1.82, 2.24) is 9.80 Å². The van der Waals surface area contributed by atoms with Crippen molar-refractivity contribution in [3.8, 4) is 0 Å². The minimum Gasteiger partial charge on any atom is -0.396 e. The third kappa shape index (κ3) is 3.33. The van der Waals surface area contributed by atoms with Crippen LogP contribution in [0.25, 0.3) is 0 Å². The molecule has 2 aromatic carbocycles. The van der Waals surface area contributed by atoms with E-state index >= 15 is 0 Å². The third-order valence-electron chi connectivity index (χ3n) is 6.90. The summed E-state index contributed by atoms with van der Waals surface area (Å²) in [5.41, 5.74) is 2.80. The Balaban J connectivity index is 1.67. The molecule has 1 aliphatic carbocycles. The summed E-state index contributed by atoms with van der Waals surface area (Å²) in [6.45, 7) is 8.99. The molecule has 1 saturated carbocycles. The minimum atomic E-state index is 0.309. The van der Waals surface area contributed by atoms with E-state index in [0.717, 1.165) is 26.2 Å². The molecule has 0 aromatic heterocycles. The number of likely N-dealkylation sites (tertiary alicyclic amines) is 1. The van der Waals surface area contributed by atoms with Crippen LogP contribution in [0.5, 0.6) is 0 Å². The summed E-state index contributed by atoms with van der Waals surface area (Å²) in [6, 6.07) is 22.7. The molecule has 2 aliphatic rings. The molecule has 27 heavy (non-hydrogen) atoms. The van der Waals surface area contributed by atoms with E-state index in [1.807, 2.05) is 0 Å². The van der Waals surface area contributed by atoms with Gasteiger partial charge in [-0.15, -0.1) is 0 Å². The predicted molar refractivity (Wildman–Crippen MR) is 110 cm³/mol. The van der Waals surface area contributed by atoms with Gasteiger partial charge in [0, 0.05) is 37.7 Å². The van der Waals surface area contributed by atoms with Crippen molar-refractivity contribution in [1.29, 1.82) is 0 Å². The van der Waals surface area contributed by atoms with Crippen LogP contribution in [0.15, 0.2) is 60.7 Å². The van der Waals surface area contributed by atoms with Gasteiger partial charge in [-0.3, -0.25) is 4.90 Å². The summed E-state index contributed by atoms with van der Waals surface area (Å²) in [7, 11) is 0. The standard InChI is InChI=1S/C24H32N2O/c1-3-25(4-2)24-21(17-27)20-16-26(15-18-11-7-5-8-12-18)23(22(20)24)19-13-9-6-10-14-19/h5-14,20-24,27H,3-4,15-17H2,1-2H3/t20-,21+,22+,23-,24?/m0/s1. The number of aliphatic hydroxyl groups excluding tert-OH is 1. The molecule has 1 unspecified atom stereocenters. The van der Waals surface area contributed by atoms with Gasteiger partial charge in [-0.1, -0.05) is 74.5 Å². The molecule has 0 radical (unpaired) electrons. The number of fused-ring (bicyclic) bond motifs is 1. The fourth-order valence-electron chi connectivity index (χ4n) is 5.70. The van der Waals surface area contributed by atoms with Crippen molar-refractivity contribution >= 4 is 0 Å². The van der Waals surface area contributed by atoms with Crippen LogP contribution in [0.4, 0.5) is 0 Å². The van der Waals surface area contributed by atoms with Gasteiger partial charge >= 0.3 is 0 Å². The van der Waals surface area contributed by atoms with Crippen LogP contribution in [0, 0.1) is 17.8 Å². The molecule has 5 atom stereocenters. The molecule has 1 saturated heterocycles. The summed E-state index contributed by atoms with van der Waals surface area (Å²) < 4.78 is 0. The predicted octanol–water partition coefficient (Wildman–Crippen LogP) is 3.81. The van der Waals surface area contributed by atoms with E-state index in [1.165, 1.54) is 11.1 Å². The lowest BCUT2D eigenvalue weighted by Crippen LogP contribution is -2.61.